The maximum absolute atomic E-state index is 12.1. The lowest BCUT2D eigenvalue weighted by Crippen LogP contribution is -2.39. The van der Waals surface area contributed by atoms with Gasteiger partial charge in [0.05, 0.1) is 6.10 Å². The van der Waals surface area contributed by atoms with Crippen LogP contribution in [-0.4, -0.2) is 63.6 Å². The molecule has 2 rings (SSSR count). The van der Waals surface area contributed by atoms with Gasteiger partial charge in [-0.15, -0.1) is 0 Å². The first-order valence-corrected chi connectivity index (χ1v) is 6.38. The van der Waals surface area contributed by atoms with Crippen molar-refractivity contribution < 1.29 is 14.7 Å². The van der Waals surface area contributed by atoms with Gasteiger partial charge in [-0.1, -0.05) is 0 Å². The molecule has 1 aliphatic rings. The second kappa shape index (κ2) is 5.88. The van der Waals surface area contributed by atoms with Crippen molar-refractivity contribution in [2.24, 2.45) is 0 Å². The van der Waals surface area contributed by atoms with Gasteiger partial charge in [0, 0.05) is 45.5 Å². The second-order valence-corrected chi connectivity index (χ2v) is 4.81. The number of amides is 2. The molecule has 1 aromatic heterocycles. The van der Waals surface area contributed by atoms with Crippen molar-refractivity contribution >= 4 is 11.8 Å². The average molecular weight is 265 g/mol. The van der Waals surface area contributed by atoms with Crippen LogP contribution in [-0.2, 0) is 16.1 Å². The van der Waals surface area contributed by atoms with E-state index >= 15 is 0 Å². The lowest BCUT2D eigenvalue weighted by atomic mass is 10.3. The lowest BCUT2D eigenvalue weighted by Gasteiger charge is -2.21. The lowest BCUT2D eigenvalue weighted by molar-refractivity contribution is -0.133. The summed E-state index contributed by atoms with van der Waals surface area (Å²) >= 11 is 0. The van der Waals surface area contributed by atoms with Gasteiger partial charge in [-0.25, -0.2) is 0 Å². The summed E-state index contributed by atoms with van der Waals surface area (Å²) in [5.41, 5.74) is 0. The third kappa shape index (κ3) is 3.57. The molecule has 1 saturated heterocycles. The van der Waals surface area contributed by atoms with Gasteiger partial charge >= 0.3 is 0 Å². The van der Waals surface area contributed by atoms with Crippen molar-refractivity contribution in [1.29, 1.82) is 0 Å². The summed E-state index contributed by atoms with van der Waals surface area (Å²) in [6.07, 6.45) is 2.97. The Kier molecular flexibility index (Phi) is 4.21. The van der Waals surface area contributed by atoms with Crippen LogP contribution in [0.5, 0.6) is 0 Å². The number of rotatable bonds is 2. The summed E-state index contributed by atoms with van der Waals surface area (Å²) in [5, 5.41) is 9.86. The molecule has 0 saturated carbocycles. The van der Waals surface area contributed by atoms with Gasteiger partial charge < -0.3 is 19.5 Å². The number of carbonyl (C=O) groups excluding carboxylic acids is 2. The minimum atomic E-state index is -0.681. The minimum absolute atomic E-state index is 0.0411. The summed E-state index contributed by atoms with van der Waals surface area (Å²) in [6, 6.07) is 3.73. The minimum Gasteiger partial charge on any atom is -0.389 e. The standard InChI is InChI=1S/C13H19N3O3/c1-11(17)15-6-7-16(9-12(18)8-15)13(19)10-14-4-2-3-5-14/h2-5,12,18H,6-10H2,1H3/t12-/m0/s1. The van der Waals surface area contributed by atoms with Crippen LogP contribution >= 0.6 is 0 Å². The topological polar surface area (TPSA) is 65.8 Å². The number of aliphatic hydroxyl groups excluding tert-OH is 1. The highest BCUT2D eigenvalue weighted by molar-refractivity contribution is 5.76. The maximum Gasteiger partial charge on any atom is 0.242 e. The smallest absolute Gasteiger partial charge is 0.242 e. The molecule has 0 radical (unpaired) electrons. The van der Waals surface area contributed by atoms with Gasteiger partial charge in [0.25, 0.3) is 0 Å². The summed E-state index contributed by atoms with van der Waals surface area (Å²) in [6.45, 7) is 3.26. The van der Waals surface area contributed by atoms with Crippen LogP contribution < -0.4 is 0 Å². The van der Waals surface area contributed by atoms with Gasteiger partial charge in [0.2, 0.25) is 11.8 Å². The van der Waals surface area contributed by atoms with E-state index in [9.17, 15) is 14.7 Å². The van der Waals surface area contributed by atoms with Crippen molar-refractivity contribution in [3.05, 3.63) is 24.5 Å². The SMILES string of the molecule is CC(=O)N1CCN(C(=O)Cn2cccc2)C[C@@H](O)C1. The monoisotopic (exact) mass is 265 g/mol. The Bertz CT molecular complexity index is 444. The van der Waals surface area contributed by atoms with Gasteiger partial charge in [-0.3, -0.25) is 9.59 Å². The normalized spacial score (nSPS) is 20.2. The van der Waals surface area contributed by atoms with Crippen molar-refractivity contribution in [3.63, 3.8) is 0 Å². The van der Waals surface area contributed by atoms with Gasteiger partial charge in [0.15, 0.2) is 0 Å². The summed E-state index contributed by atoms with van der Waals surface area (Å²) in [4.78, 5) is 26.7. The van der Waals surface area contributed by atoms with E-state index < -0.39 is 6.10 Å². The highest BCUT2D eigenvalue weighted by atomic mass is 16.3. The van der Waals surface area contributed by atoms with Crippen LogP contribution in [0.2, 0.25) is 0 Å². The molecule has 104 valence electrons. The highest BCUT2D eigenvalue weighted by Crippen LogP contribution is 2.06. The first kappa shape index (κ1) is 13.6. The fourth-order valence-corrected chi connectivity index (χ4v) is 2.23. The molecule has 1 aliphatic heterocycles. The fraction of sp³-hybridized carbons (Fsp3) is 0.538. The number of carbonyl (C=O) groups is 2. The molecule has 2 heterocycles. The zero-order valence-corrected chi connectivity index (χ0v) is 11.0. The molecule has 19 heavy (non-hydrogen) atoms. The predicted molar refractivity (Wildman–Crippen MR) is 69.3 cm³/mol. The van der Waals surface area contributed by atoms with Crippen molar-refractivity contribution in [1.82, 2.24) is 14.4 Å². The fourth-order valence-electron chi connectivity index (χ4n) is 2.23. The van der Waals surface area contributed by atoms with Gasteiger partial charge in [-0.2, -0.15) is 0 Å². The number of aliphatic hydroxyl groups is 1. The number of aromatic nitrogens is 1. The molecular formula is C13H19N3O3. The van der Waals surface area contributed by atoms with Crippen LogP contribution in [0.1, 0.15) is 6.92 Å². The van der Waals surface area contributed by atoms with E-state index in [1.165, 1.54) is 6.92 Å². The Balaban J connectivity index is 1.96. The van der Waals surface area contributed by atoms with E-state index in [2.05, 4.69) is 0 Å². The Hall–Kier alpha value is -1.82. The summed E-state index contributed by atoms with van der Waals surface area (Å²) < 4.78 is 1.79. The van der Waals surface area contributed by atoms with Crippen LogP contribution in [0.25, 0.3) is 0 Å². The molecule has 1 fully saturated rings. The highest BCUT2D eigenvalue weighted by Gasteiger charge is 2.25. The van der Waals surface area contributed by atoms with E-state index in [1.54, 1.807) is 14.4 Å². The zero-order chi connectivity index (χ0) is 13.8. The van der Waals surface area contributed by atoms with Crippen molar-refractivity contribution in [2.45, 2.75) is 19.6 Å². The van der Waals surface area contributed by atoms with Gasteiger partial charge in [-0.05, 0) is 12.1 Å². The van der Waals surface area contributed by atoms with Crippen molar-refractivity contribution in [2.75, 3.05) is 26.2 Å². The molecule has 2 amide bonds. The number of β-amino-alcohol motifs (C(OH)–C–C–N with tert-alkyl or cyclic N) is 1. The molecule has 1 N–H and O–H groups in total. The number of hydrogen-bond acceptors (Lipinski definition) is 3. The number of nitrogens with zero attached hydrogens (tertiary/aromatic N) is 3. The molecule has 0 unspecified atom stereocenters. The van der Waals surface area contributed by atoms with E-state index in [-0.39, 0.29) is 24.9 Å². The van der Waals surface area contributed by atoms with E-state index in [4.69, 9.17) is 0 Å². The summed E-state index contributed by atoms with van der Waals surface area (Å²) in [7, 11) is 0. The molecule has 0 aliphatic carbocycles. The molecule has 6 heteroatoms. The molecule has 1 atom stereocenters. The molecule has 0 aromatic carbocycles. The third-order valence-electron chi connectivity index (χ3n) is 3.28. The zero-order valence-electron chi connectivity index (χ0n) is 11.0. The molecular weight excluding hydrogens is 246 g/mol. The Labute approximate surface area is 112 Å². The van der Waals surface area contributed by atoms with Crippen LogP contribution in [0, 0.1) is 0 Å². The Morgan fingerprint density at radius 1 is 1.16 bits per heavy atom. The molecule has 0 spiro atoms. The molecule has 6 nitrogen and oxygen atoms in total. The number of hydrogen-bond donors (Lipinski definition) is 1. The molecule has 0 bridgehead atoms. The first-order valence-electron chi connectivity index (χ1n) is 6.38. The van der Waals surface area contributed by atoms with Crippen LogP contribution in [0.4, 0.5) is 0 Å². The molecule has 1 aromatic rings. The Morgan fingerprint density at radius 2 is 1.74 bits per heavy atom. The Morgan fingerprint density at radius 3 is 2.37 bits per heavy atom. The van der Waals surface area contributed by atoms with E-state index in [1.807, 2.05) is 24.5 Å². The third-order valence-corrected chi connectivity index (χ3v) is 3.28. The maximum atomic E-state index is 12.1. The van der Waals surface area contributed by atoms with E-state index in [0.29, 0.717) is 19.6 Å². The van der Waals surface area contributed by atoms with Crippen LogP contribution in [0.3, 0.4) is 0 Å². The largest absolute Gasteiger partial charge is 0.389 e. The van der Waals surface area contributed by atoms with Crippen LogP contribution in [0.15, 0.2) is 24.5 Å². The van der Waals surface area contributed by atoms with Crippen molar-refractivity contribution in [3.8, 4) is 0 Å². The first-order chi connectivity index (χ1) is 9.06. The van der Waals surface area contributed by atoms with Gasteiger partial charge in [0.1, 0.15) is 6.54 Å². The average Bonchev–Trinajstić information content (AvgIpc) is 2.76. The second-order valence-electron chi connectivity index (χ2n) is 4.81. The quantitative estimate of drug-likeness (QED) is 0.787. The van der Waals surface area contributed by atoms with E-state index in [0.717, 1.165) is 0 Å². The predicted octanol–water partition coefficient (Wildman–Crippen LogP) is -0.460. The summed E-state index contributed by atoms with van der Waals surface area (Å²) in [5.74, 6) is -0.112.